The molecule has 5 heteroatoms. The van der Waals surface area contributed by atoms with Crippen LogP contribution in [0.2, 0.25) is 0 Å². The van der Waals surface area contributed by atoms with Crippen molar-refractivity contribution in [2.24, 2.45) is 16.3 Å². The molecule has 128 valence electrons. The quantitative estimate of drug-likeness (QED) is 0.669. The molecule has 0 radical (unpaired) electrons. The number of likely N-dealkylation sites (tertiary alicyclic amines) is 1. The number of nitrogens with one attached hydrogen (secondary N) is 1. The van der Waals surface area contributed by atoms with E-state index < -0.39 is 0 Å². The fourth-order valence-corrected chi connectivity index (χ4v) is 3.38. The van der Waals surface area contributed by atoms with Gasteiger partial charge < -0.3 is 19.4 Å². The molecule has 2 fully saturated rings. The lowest BCUT2D eigenvalue weighted by Gasteiger charge is -2.25. The minimum atomic E-state index is 0.362. The van der Waals surface area contributed by atoms with Gasteiger partial charge in [-0.15, -0.1) is 0 Å². The Morgan fingerprint density at radius 2 is 2.35 bits per heavy atom. The van der Waals surface area contributed by atoms with Crippen LogP contribution in [0, 0.1) is 11.3 Å². The number of nitrogens with zero attached hydrogens (tertiary/aromatic N) is 2. The first-order valence-electron chi connectivity index (χ1n) is 8.80. The molecule has 1 N–H and O–H groups in total. The topological polar surface area (TPSA) is 50.0 Å². The zero-order chi connectivity index (χ0) is 16.1. The third-order valence-electron chi connectivity index (χ3n) is 4.76. The molecule has 2 aliphatic rings. The van der Waals surface area contributed by atoms with Crippen LogP contribution in [0.4, 0.5) is 0 Å². The van der Waals surface area contributed by atoms with Crippen molar-refractivity contribution in [3.05, 3.63) is 24.2 Å². The standard InChI is InChI=1S/C18H29N3O2/c1-15(2)12-20-17(19-8-5-16-4-3-10-23-16)21-9-6-18(13-21)7-11-22-14-18/h3-4,10,15H,5-9,11-14H2,1-2H3,(H,19,20). The highest BCUT2D eigenvalue weighted by Crippen LogP contribution is 2.38. The van der Waals surface area contributed by atoms with E-state index in [4.69, 9.17) is 14.1 Å². The van der Waals surface area contributed by atoms with Crippen molar-refractivity contribution in [2.75, 3.05) is 39.4 Å². The highest BCUT2D eigenvalue weighted by atomic mass is 16.5. The predicted octanol–water partition coefficient (Wildman–Crippen LogP) is 2.54. The number of guanidine groups is 1. The average Bonchev–Trinajstić information content (AvgIpc) is 3.26. The fourth-order valence-electron chi connectivity index (χ4n) is 3.38. The van der Waals surface area contributed by atoms with Gasteiger partial charge in [0.1, 0.15) is 5.76 Å². The van der Waals surface area contributed by atoms with Gasteiger partial charge >= 0.3 is 0 Å². The smallest absolute Gasteiger partial charge is 0.193 e. The number of ether oxygens (including phenoxy) is 1. The first-order valence-corrected chi connectivity index (χ1v) is 8.80. The molecule has 0 bridgehead atoms. The summed E-state index contributed by atoms with van der Waals surface area (Å²) < 4.78 is 11.0. The van der Waals surface area contributed by atoms with Crippen molar-refractivity contribution in [2.45, 2.75) is 33.1 Å². The van der Waals surface area contributed by atoms with Gasteiger partial charge in [0.2, 0.25) is 0 Å². The Bertz CT molecular complexity index is 504. The summed E-state index contributed by atoms with van der Waals surface area (Å²) in [6.07, 6.45) is 5.02. The second-order valence-corrected chi connectivity index (χ2v) is 7.29. The van der Waals surface area contributed by atoms with Crippen LogP contribution in [0.25, 0.3) is 0 Å². The average molecular weight is 319 g/mol. The van der Waals surface area contributed by atoms with Crippen molar-refractivity contribution in [1.82, 2.24) is 10.2 Å². The fraction of sp³-hybridized carbons (Fsp3) is 0.722. The van der Waals surface area contributed by atoms with E-state index in [1.165, 1.54) is 12.8 Å². The molecule has 1 aromatic rings. The highest BCUT2D eigenvalue weighted by molar-refractivity contribution is 5.80. The maximum atomic E-state index is 5.64. The molecule has 1 atom stereocenters. The van der Waals surface area contributed by atoms with Gasteiger partial charge in [0.15, 0.2) is 5.96 Å². The minimum Gasteiger partial charge on any atom is -0.469 e. The molecule has 1 unspecified atom stereocenters. The Morgan fingerprint density at radius 3 is 3.04 bits per heavy atom. The predicted molar refractivity (Wildman–Crippen MR) is 91.6 cm³/mol. The molecule has 2 saturated heterocycles. The third-order valence-corrected chi connectivity index (χ3v) is 4.76. The Labute approximate surface area is 139 Å². The summed E-state index contributed by atoms with van der Waals surface area (Å²) in [4.78, 5) is 7.25. The molecule has 2 aliphatic heterocycles. The Balaban J connectivity index is 1.58. The van der Waals surface area contributed by atoms with Gasteiger partial charge in [0, 0.05) is 44.6 Å². The molecule has 3 heterocycles. The molecule has 0 aliphatic carbocycles. The lowest BCUT2D eigenvalue weighted by Crippen LogP contribution is -2.42. The van der Waals surface area contributed by atoms with Crippen molar-refractivity contribution < 1.29 is 9.15 Å². The largest absolute Gasteiger partial charge is 0.469 e. The summed E-state index contributed by atoms with van der Waals surface area (Å²) in [5.41, 5.74) is 0.362. The van der Waals surface area contributed by atoms with Gasteiger partial charge in [-0.2, -0.15) is 0 Å². The Morgan fingerprint density at radius 1 is 1.43 bits per heavy atom. The van der Waals surface area contributed by atoms with Crippen LogP contribution in [-0.2, 0) is 11.2 Å². The number of aliphatic imine (C=N–C) groups is 1. The van der Waals surface area contributed by atoms with Crippen LogP contribution >= 0.6 is 0 Å². The van der Waals surface area contributed by atoms with E-state index in [9.17, 15) is 0 Å². The monoisotopic (exact) mass is 319 g/mol. The number of rotatable bonds is 5. The number of hydrogen-bond donors (Lipinski definition) is 1. The van der Waals surface area contributed by atoms with E-state index in [1.807, 2.05) is 12.1 Å². The van der Waals surface area contributed by atoms with Crippen molar-refractivity contribution in [3.8, 4) is 0 Å². The first kappa shape index (κ1) is 16.4. The highest BCUT2D eigenvalue weighted by Gasteiger charge is 2.42. The molecular formula is C18H29N3O2. The number of hydrogen-bond acceptors (Lipinski definition) is 3. The maximum absolute atomic E-state index is 5.64. The SMILES string of the molecule is CC(C)CN=C(NCCc1ccco1)N1CCC2(CCOC2)C1. The maximum Gasteiger partial charge on any atom is 0.193 e. The van der Waals surface area contributed by atoms with Gasteiger partial charge in [-0.1, -0.05) is 13.8 Å². The van der Waals surface area contributed by atoms with Gasteiger partial charge in [0.05, 0.1) is 12.9 Å². The van der Waals surface area contributed by atoms with Crippen LogP contribution in [-0.4, -0.2) is 50.3 Å². The van der Waals surface area contributed by atoms with Crippen LogP contribution < -0.4 is 5.32 Å². The van der Waals surface area contributed by atoms with Crippen LogP contribution in [0.5, 0.6) is 0 Å². The van der Waals surface area contributed by atoms with Gasteiger partial charge in [0.25, 0.3) is 0 Å². The van der Waals surface area contributed by atoms with Gasteiger partial charge in [-0.25, -0.2) is 0 Å². The molecule has 5 nitrogen and oxygen atoms in total. The summed E-state index contributed by atoms with van der Waals surface area (Å²) in [6, 6.07) is 3.96. The normalized spacial score (nSPS) is 25.0. The van der Waals surface area contributed by atoms with Crippen molar-refractivity contribution >= 4 is 5.96 Å². The van der Waals surface area contributed by atoms with Gasteiger partial charge in [-0.3, -0.25) is 4.99 Å². The van der Waals surface area contributed by atoms with E-state index in [-0.39, 0.29) is 0 Å². The van der Waals surface area contributed by atoms with Crippen LogP contribution in [0.15, 0.2) is 27.8 Å². The van der Waals surface area contributed by atoms with Crippen LogP contribution in [0.3, 0.4) is 0 Å². The summed E-state index contributed by atoms with van der Waals surface area (Å²) in [5.74, 6) is 2.64. The van der Waals surface area contributed by atoms with Crippen molar-refractivity contribution in [1.29, 1.82) is 0 Å². The molecule has 3 rings (SSSR count). The third kappa shape index (κ3) is 4.28. The van der Waals surface area contributed by atoms with E-state index in [0.717, 1.165) is 57.5 Å². The van der Waals surface area contributed by atoms with E-state index in [2.05, 4.69) is 24.1 Å². The van der Waals surface area contributed by atoms with E-state index in [1.54, 1.807) is 6.26 Å². The lowest BCUT2D eigenvalue weighted by molar-refractivity contribution is 0.156. The lowest BCUT2D eigenvalue weighted by atomic mass is 9.87. The molecule has 0 amide bonds. The Hall–Kier alpha value is -1.49. The molecule has 23 heavy (non-hydrogen) atoms. The minimum absolute atomic E-state index is 0.362. The Kier molecular flexibility index (Phi) is 5.26. The number of furan rings is 1. The summed E-state index contributed by atoms with van der Waals surface area (Å²) in [6.45, 7) is 10.1. The summed E-state index contributed by atoms with van der Waals surface area (Å²) in [7, 11) is 0. The zero-order valence-electron chi connectivity index (χ0n) is 14.4. The molecular weight excluding hydrogens is 290 g/mol. The molecule has 1 spiro atoms. The zero-order valence-corrected chi connectivity index (χ0v) is 14.4. The molecule has 1 aromatic heterocycles. The van der Waals surface area contributed by atoms with E-state index >= 15 is 0 Å². The van der Waals surface area contributed by atoms with Crippen LogP contribution in [0.1, 0.15) is 32.4 Å². The van der Waals surface area contributed by atoms with E-state index in [0.29, 0.717) is 11.3 Å². The van der Waals surface area contributed by atoms with Gasteiger partial charge in [-0.05, 0) is 30.9 Å². The van der Waals surface area contributed by atoms with Crippen molar-refractivity contribution in [3.63, 3.8) is 0 Å². The summed E-state index contributed by atoms with van der Waals surface area (Å²) in [5, 5.41) is 3.54. The second kappa shape index (κ2) is 7.39. The molecule has 0 saturated carbocycles. The summed E-state index contributed by atoms with van der Waals surface area (Å²) >= 11 is 0. The molecule has 0 aromatic carbocycles. The second-order valence-electron chi connectivity index (χ2n) is 7.29. The first-order chi connectivity index (χ1) is 11.2.